The summed E-state index contributed by atoms with van der Waals surface area (Å²) in [4.78, 5) is 24.4. The highest BCUT2D eigenvalue weighted by Crippen LogP contribution is 2.17. The minimum Gasteiger partial charge on any atom is -0.462 e. The molecule has 58 heavy (non-hydrogen) atoms. The van der Waals surface area contributed by atoms with E-state index in [1.165, 1.54) is 238 Å². The third kappa shape index (κ3) is 47.3. The lowest BCUT2D eigenvalue weighted by Crippen LogP contribution is -2.28. The van der Waals surface area contributed by atoms with Crippen molar-refractivity contribution in [3.63, 3.8) is 0 Å². The number of aliphatic hydroxyl groups excluding tert-OH is 1. The number of allylic oxidation sites excluding steroid dienone is 2. The fraction of sp³-hybridized carbons (Fsp3) is 0.925. The van der Waals surface area contributed by atoms with Crippen molar-refractivity contribution >= 4 is 11.9 Å². The number of esters is 2. The lowest BCUT2D eigenvalue weighted by molar-refractivity contribution is -0.161. The van der Waals surface area contributed by atoms with Crippen LogP contribution in [0.3, 0.4) is 0 Å². The highest BCUT2D eigenvalue weighted by Gasteiger charge is 2.16. The van der Waals surface area contributed by atoms with E-state index in [9.17, 15) is 14.7 Å². The SMILES string of the molecule is CCCCCCCC/C=C\CCCCCCCCCCCC(=O)OC(CO)COC(=O)CCCCCCCCCCCCCCCCCCCCCCCCCCC. The van der Waals surface area contributed by atoms with Crippen molar-refractivity contribution in [2.75, 3.05) is 13.2 Å². The Hall–Kier alpha value is -1.36. The van der Waals surface area contributed by atoms with Crippen molar-refractivity contribution < 1.29 is 24.2 Å². The molecule has 0 fully saturated rings. The maximum atomic E-state index is 12.3. The molecule has 0 heterocycles. The van der Waals surface area contributed by atoms with Crippen LogP contribution in [-0.4, -0.2) is 36.4 Å². The molecule has 0 rings (SSSR count). The highest BCUT2D eigenvalue weighted by atomic mass is 16.6. The van der Waals surface area contributed by atoms with Crippen molar-refractivity contribution in [2.24, 2.45) is 0 Å². The average molecular weight is 819 g/mol. The molecule has 344 valence electrons. The number of ether oxygens (including phenoxy) is 2. The molecule has 1 unspecified atom stereocenters. The fourth-order valence-electron chi connectivity index (χ4n) is 8.08. The summed E-state index contributed by atoms with van der Waals surface area (Å²) in [7, 11) is 0. The number of aliphatic hydroxyl groups is 1. The first-order valence-corrected chi connectivity index (χ1v) is 26.2. The summed E-state index contributed by atoms with van der Waals surface area (Å²) in [5, 5.41) is 9.62. The second-order valence-electron chi connectivity index (χ2n) is 18.0. The monoisotopic (exact) mass is 819 g/mol. The predicted octanol–water partition coefficient (Wildman–Crippen LogP) is 17.2. The fourth-order valence-corrected chi connectivity index (χ4v) is 8.08. The molecule has 0 aromatic rings. The number of hydrogen-bond acceptors (Lipinski definition) is 5. The van der Waals surface area contributed by atoms with Gasteiger partial charge in [-0.1, -0.05) is 257 Å². The first-order chi connectivity index (χ1) is 28.6. The number of rotatable bonds is 49. The second-order valence-corrected chi connectivity index (χ2v) is 18.0. The molecule has 0 amide bonds. The number of carbonyl (C=O) groups is 2. The summed E-state index contributed by atoms with van der Waals surface area (Å²) in [5.41, 5.74) is 0. The summed E-state index contributed by atoms with van der Waals surface area (Å²) in [6.45, 7) is 4.18. The highest BCUT2D eigenvalue weighted by molar-refractivity contribution is 5.70. The zero-order valence-electron chi connectivity index (χ0n) is 39.3. The standard InChI is InChI=1S/C53H102O5/c1-3-5-7-9-11-13-15-17-19-21-23-24-25-26-27-28-30-31-33-35-37-39-41-43-45-47-52(55)57-50-51(49-54)58-53(56)48-46-44-42-40-38-36-34-32-29-22-20-18-16-14-12-10-8-6-4-2/h18,20,51,54H,3-17,19,21-50H2,1-2H3/b20-18-. The zero-order valence-corrected chi connectivity index (χ0v) is 39.3. The van der Waals surface area contributed by atoms with Crippen LogP contribution in [0.4, 0.5) is 0 Å². The van der Waals surface area contributed by atoms with E-state index in [0.717, 1.165) is 32.1 Å². The molecule has 1 atom stereocenters. The Kier molecular flexibility index (Phi) is 48.8. The number of hydrogen-bond donors (Lipinski definition) is 1. The second kappa shape index (κ2) is 50.0. The Morgan fingerprint density at radius 2 is 0.638 bits per heavy atom. The van der Waals surface area contributed by atoms with Gasteiger partial charge in [0.05, 0.1) is 6.61 Å². The summed E-state index contributed by atoms with van der Waals surface area (Å²) in [6.07, 6.45) is 60.3. The van der Waals surface area contributed by atoms with Gasteiger partial charge in [0.1, 0.15) is 6.61 Å². The first kappa shape index (κ1) is 56.6. The third-order valence-electron chi connectivity index (χ3n) is 12.1. The van der Waals surface area contributed by atoms with Gasteiger partial charge in [-0.05, 0) is 38.5 Å². The molecule has 1 N–H and O–H groups in total. The normalized spacial score (nSPS) is 12.1. The summed E-state index contributed by atoms with van der Waals surface area (Å²) >= 11 is 0. The first-order valence-electron chi connectivity index (χ1n) is 26.2. The quantitative estimate of drug-likeness (QED) is 0.0376. The van der Waals surface area contributed by atoms with Gasteiger partial charge in [0, 0.05) is 12.8 Å². The number of carbonyl (C=O) groups excluding carboxylic acids is 2. The average Bonchev–Trinajstić information content (AvgIpc) is 3.23. The van der Waals surface area contributed by atoms with Crippen LogP contribution in [-0.2, 0) is 19.1 Å². The van der Waals surface area contributed by atoms with Crippen LogP contribution in [0.15, 0.2) is 12.2 Å². The molecule has 0 aliphatic rings. The lowest BCUT2D eigenvalue weighted by atomic mass is 10.0. The van der Waals surface area contributed by atoms with Crippen LogP contribution in [0.2, 0.25) is 0 Å². The van der Waals surface area contributed by atoms with E-state index < -0.39 is 6.10 Å². The topological polar surface area (TPSA) is 72.8 Å². The summed E-state index contributed by atoms with van der Waals surface area (Å²) in [5.74, 6) is -0.574. The van der Waals surface area contributed by atoms with Gasteiger partial charge >= 0.3 is 11.9 Å². The Labute approximate surface area is 362 Å². The van der Waals surface area contributed by atoms with Crippen LogP contribution >= 0.6 is 0 Å². The Morgan fingerprint density at radius 1 is 0.379 bits per heavy atom. The van der Waals surface area contributed by atoms with Crippen molar-refractivity contribution in [1.82, 2.24) is 0 Å². The molecule has 0 saturated carbocycles. The zero-order chi connectivity index (χ0) is 42.1. The van der Waals surface area contributed by atoms with E-state index in [-0.39, 0.29) is 25.2 Å². The lowest BCUT2D eigenvalue weighted by Gasteiger charge is -2.15. The molecule has 0 saturated heterocycles. The Morgan fingerprint density at radius 3 is 0.931 bits per heavy atom. The molecule has 0 bridgehead atoms. The van der Waals surface area contributed by atoms with Gasteiger partial charge in [-0.3, -0.25) is 9.59 Å². The van der Waals surface area contributed by atoms with E-state index in [1.807, 2.05) is 0 Å². The van der Waals surface area contributed by atoms with E-state index >= 15 is 0 Å². The van der Waals surface area contributed by atoms with Gasteiger partial charge < -0.3 is 14.6 Å². The van der Waals surface area contributed by atoms with Crippen molar-refractivity contribution in [3.05, 3.63) is 12.2 Å². The molecule has 0 aromatic heterocycles. The maximum Gasteiger partial charge on any atom is 0.306 e. The molecule has 5 heteroatoms. The minimum atomic E-state index is -0.767. The maximum absolute atomic E-state index is 12.3. The van der Waals surface area contributed by atoms with E-state index in [1.54, 1.807) is 0 Å². The van der Waals surface area contributed by atoms with Crippen LogP contribution < -0.4 is 0 Å². The van der Waals surface area contributed by atoms with Crippen molar-refractivity contribution in [1.29, 1.82) is 0 Å². The van der Waals surface area contributed by atoms with Gasteiger partial charge in [0.15, 0.2) is 6.10 Å². The number of unbranched alkanes of at least 4 members (excludes halogenated alkanes) is 39. The van der Waals surface area contributed by atoms with Crippen LogP contribution in [0.5, 0.6) is 0 Å². The van der Waals surface area contributed by atoms with Crippen LogP contribution in [0.25, 0.3) is 0 Å². The molecule has 0 spiro atoms. The van der Waals surface area contributed by atoms with Gasteiger partial charge in [0.2, 0.25) is 0 Å². The van der Waals surface area contributed by atoms with Gasteiger partial charge in [-0.15, -0.1) is 0 Å². The molecule has 0 radical (unpaired) electrons. The predicted molar refractivity (Wildman–Crippen MR) is 252 cm³/mol. The largest absolute Gasteiger partial charge is 0.462 e. The molecule has 0 aliphatic heterocycles. The third-order valence-corrected chi connectivity index (χ3v) is 12.1. The molecule has 5 nitrogen and oxygen atoms in total. The van der Waals surface area contributed by atoms with E-state index in [2.05, 4.69) is 26.0 Å². The van der Waals surface area contributed by atoms with Gasteiger partial charge in [-0.2, -0.15) is 0 Å². The van der Waals surface area contributed by atoms with E-state index in [4.69, 9.17) is 9.47 Å². The molecular formula is C53H102O5. The molecule has 0 aromatic carbocycles. The van der Waals surface area contributed by atoms with Gasteiger partial charge in [-0.25, -0.2) is 0 Å². The van der Waals surface area contributed by atoms with Crippen molar-refractivity contribution in [2.45, 2.75) is 302 Å². The van der Waals surface area contributed by atoms with Crippen molar-refractivity contribution in [3.8, 4) is 0 Å². The van der Waals surface area contributed by atoms with E-state index in [0.29, 0.717) is 12.8 Å². The smallest absolute Gasteiger partial charge is 0.306 e. The van der Waals surface area contributed by atoms with Crippen LogP contribution in [0, 0.1) is 0 Å². The molecule has 0 aliphatic carbocycles. The Balaban J connectivity index is 3.43. The summed E-state index contributed by atoms with van der Waals surface area (Å²) in [6, 6.07) is 0. The molecular weight excluding hydrogens is 717 g/mol. The van der Waals surface area contributed by atoms with Crippen LogP contribution in [0.1, 0.15) is 296 Å². The summed E-state index contributed by atoms with van der Waals surface area (Å²) < 4.78 is 10.7. The van der Waals surface area contributed by atoms with Gasteiger partial charge in [0.25, 0.3) is 0 Å². The minimum absolute atomic E-state index is 0.0595. The Bertz CT molecular complexity index is 840.